The van der Waals surface area contributed by atoms with Crippen LogP contribution in [-0.2, 0) is 10.8 Å². The molecule has 1 atom stereocenters. The third kappa shape index (κ3) is 3.73. The summed E-state index contributed by atoms with van der Waals surface area (Å²) in [5.41, 5.74) is 17.0. The molecule has 0 saturated heterocycles. The van der Waals surface area contributed by atoms with Crippen LogP contribution in [0.4, 0.5) is 17.1 Å². The van der Waals surface area contributed by atoms with Crippen molar-refractivity contribution in [2.45, 2.75) is 70.6 Å². The van der Waals surface area contributed by atoms with Crippen LogP contribution < -0.4 is 4.90 Å². The Labute approximate surface area is 267 Å². The van der Waals surface area contributed by atoms with Crippen molar-refractivity contribution in [3.8, 4) is 11.1 Å². The first-order valence-electron chi connectivity index (χ1n) is 17.0. The zero-order chi connectivity index (χ0) is 30.5. The van der Waals surface area contributed by atoms with Crippen LogP contribution in [-0.4, -0.2) is 0 Å². The van der Waals surface area contributed by atoms with Crippen molar-refractivity contribution < 1.29 is 0 Å². The fourth-order valence-corrected chi connectivity index (χ4v) is 9.49. The summed E-state index contributed by atoms with van der Waals surface area (Å²) in [6.07, 6.45) is 11.2. The molecule has 5 aromatic rings. The van der Waals surface area contributed by atoms with Crippen molar-refractivity contribution in [3.05, 3.63) is 143 Å². The molecule has 0 heterocycles. The molecule has 1 heteroatoms. The third-order valence-corrected chi connectivity index (χ3v) is 11.7. The third-order valence-electron chi connectivity index (χ3n) is 11.7. The van der Waals surface area contributed by atoms with E-state index in [2.05, 4.69) is 142 Å². The first-order chi connectivity index (χ1) is 21.9. The monoisotopic (exact) mass is 583 g/mol. The topological polar surface area (TPSA) is 3.24 Å². The Morgan fingerprint density at radius 2 is 1.42 bits per heavy atom. The van der Waals surface area contributed by atoms with Crippen molar-refractivity contribution >= 4 is 33.4 Å². The normalized spacial score (nSPS) is 20.0. The maximum atomic E-state index is 2.58. The van der Waals surface area contributed by atoms with E-state index in [0.29, 0.717) is 5.92 Å². The molecule has 5 aromatic carbocycles. The first-order valence-corrected chi connectivity index (χ1v) is 17.0. The van der Waals surface area contributed by atoms with E-state index in [1.807, 2.05) is 0 Å². The SMILES string of the molecule is Cc1ccc2c(N(c3ccc4c(c3)C3(CCCC3)C3=C4C(C)CC=C3)c3ccc4c(c3)C(C)(C)c3ccccc3-4)cccc2c1. The van der Waals surface area contributed by atoms with Gasteiger partial charge in [-0.2, -0.15) is 0 Å². The van der Waals surface area contributed by atoms with E-state index in [1.54, 1.807) is 16.7 Å². The predicted molar refractivity (Wildman–Crippen MR) is 191 cm³/mol. The van der Waals surface area contributed by atoms with E-state index < -0.39 is 0 Å². The number of rotatable bonds is 3. The fourth-order valence-electron chi connectivity index (χ4n) is 9.49. The minimum absolute atomic E-state index is 0.0548. The number of allylic oxidation sites excluding steroid dienone is 4. The van der Waals surface area contributed by atoms with E-state index in [1.165, 1.54) is 86.9 Å². The van der Waals surface area contributed by atoms with Crippen molar-refractivity contribution in [1.82, 2.24) is 0 Å². The van der Waals surface area contributed by atoms with Gasteiger partial charge >= 0.3 is 0 Å². The molecule has 0 N–H and O–H groups in total. The van der Waals surface area contributed by atoms with Gasteiger partial charge in [-0.25, -0.2) is 0 Å². The Balaban J connectivity index is 1.28. The number of hydrogen-bond acceptors (Lipinski definition) is 1. The molecule has 9 rings (SSSR count). The van der Waals surface area contributed by atoms with Crippen LogP contribution in [0.1, 0.15) is 80.7 Å². The first kappa shape index (κ1) is 27.0. The number of hydrogen-bond donors (Lipinski definition) is 0. The van der Waals surface area contributed by atoms with E-state index in [0.717, 1.165) is 6.42 Å². The van der Waals surface area contributed by atoms with Crippen LogP contribution in [0, 0.1) is 12.8 Å². The second-order valence-electron chi connectivity index (χ2n) is 14.6. The molecule has 4 aliphatic carbocycles. The maximum Gasteiger partial charge on any atom is 0.0540 e. The van der Waals surface area contributed by atoms with Gasteiger partial charge in [0.15, 0.2) is 0 Å². The highest BCUT2D eigenvalue weighted by molar-refractivity contribution is 6.00. The molecule has 0 amide bonds. The Morgan fingerprint density at radius 3 is 2.24 bits per heavy atom. The van der Waals surface area contributed by atoms with Gasteiger partial charge in [-0.05, 0) is 112 Å². The standard InChI is InChI=1S/C44H41N/c1-28-17-20-33-30(25-28)12-10-16-41(33)45(31-18-21-35-34-13-5-6-14-37(34)43(3,4)39(35)26-31)32-19-22-36-40(27-32)44(23-7-8-24-44)38-15-9-11-29(2)42(36)38/h5-6,9-10,12-22,25-27,29H,7-8,11,23-24H2,1-4H3. The predicted octanol–water partition coefficient (Wildman–Crippen LogP) is 12.1. The largest absolute Gasteiger partial charge is 0.310 e. The maximum absolute atomic E-state index is 2.58. The van der Waals surface area contributed by atoms with Gasteiger partial charge < -0.3 is 4.90 Å². The molecule has 45 heavy (non-hydrogen) atoms. The Kier molecular flexibility index (Phi) is 5.74. The molecular weight excluding hydrogens is 542 g/mol. The van der Waals surface area contributed by atoms with Crippen LogP contribution in [0.25, 0.3) is 27.5 Å². The number of benzene rings is 5. The highest BCUT2D eigenvalue weighted by Crippen LogP contribution is 2.60. The van der Waals surface area contributed by atoms with Gasteiger partial charge in [-0.15, -0.1) is 0 Å². The van der Waals surface area contributed by atoms with Crippen LogP contribution in [0.2, 0.25) is 0 Å². The molecular formula is C44H41N. The number of fused-ring (bicyclic) bond motifs is 8. The number of anilines is 3. The van der Waals surface area contributed by atoms with E-state index in [4.69, 9.17) is 0 Å². The zero-order valence-corrected chi connectivity index (χ0v) is 27.0. The summed E-state index contributed by atoms with van der Waals surface area (Å²) in [5, 5.41) is 2.58. The summed E-state index contributed by atoms with van der Waals surface area (Å²) in [6, 6.07) is 37.3. The average molecular weight is 584 g/mol. The van der Waals surface area contributed by atoms with E-state index >= 15 is 0 Å². The molecule has 1 fully saturated rings. The Hall–Kier alpha value is -4.36. The molecule has 1 saturated carbocycles. The lowest BCUT2D eigenvalue weighted by Crippen LogP contribution is -2.23. The minimum atomic E-state index is -0.0548. The van der Waals surface area contributed by atoms with E-state index in [9.17, 15) is 0 Å². The molecule has 1 unspecified atom stereocenters. The lowest BCUT2D eigenvalue weighted by Gasteiger charge is -2.32. The average Bonchev–Trinajstić information content (AvgIpc) is 3.71. The molecule has 1 spiro atoms. The van der Waals surface area contributed by atoms with Crippen molar-refractivity contribution in [2.24, 2.45) is 5.92 Å². The van der Waals surface area contributed by atoms with Crippen molar-refractivity contribution in [1.29, 1.82) is 0 Å². The van der Waals surface area contributed by atoms with Gasteiger partial charge in [-0.1, -0.05) is 118 Å². The summed E-state index contributed by atoms with van der Waals surface area (Å²) >= 11 is 0. The summed E-state index contributed by atoms with van der Waals surface area (Å²) < 4.78 is 0. The molecule has 222 valence electrons. The van der Waals surface area contributed by atoms with Crippen LogP contribution in [0.3, 0.4) is 0 Å². The fraction of sp³-hybridized carbons (Fsp3) is 0.273. The van der Waals surface area contributed by atoms with Crippen molar-refractivity contribution in [2.75, 3.05) is 4.90 Å². The molecule has 0 aromatic heterocycles. The van der Waals surface area contributed by atoms with Gasteiger partial charge in [0.2, 0.25) is 0 Å². The highest BCUT2D eigenvalue weighted by atomic mass is 15.1. The molecule has 0 bridgehead atoms. The van der Waals surface area contributed by atoms with Crippen molar-refractivity contribution in [3.63, 3.8) is 0 Å². The summed E-state index contributed by atoms with van der Waals surface area (Å²) in [4.78, 5) is 2.55. The second-order valence-corrected chi connectivity index (χ2v) is 14.6. The lowest BCUT2D eigenvalue weighted by atomic mass is 9.74. The van der Waals surface area contributed by atoms with Gasteiger partial charge in [-0.3, -0.25) is 0 Å². The molecule has 1 nitrogen and oxygen atoms in total. The zero-order valence-electron chi connectivity index (χ0n) is 27.0. The van der Waals surface area contributed by atoms with Crippen LogP contribution in [0.15, 0.2) is 115 Å². The Bertz CT molecular complexity index is 2100. The highest BCUT2D eigenvalue weighted by Gasteiger charge is 2.47. The van der Waals surface area contributed by atoms with Gasteiger partial charge in [0, 0.05) is 27.6 Å². The molecule has 0 radical (unpaired) electrons. The van der Waals surface area contributed by atoms with Crippen LogP contribution >= 0.6 is 0 Å². The van der Waals surface area contributed by atoms with E-state index in [-0.39, 0.29) is 10.8 Å². The van der Waals surface area contributed by atoms with Gasteiger partial charge in [0.1, 0.15) is 0 Å². The Morgan fingerprint density at radius 1 is 0.689 bits per heavy atom. The minimum Gasteiger partial charge on any atom is -0.310 e. The van der Waals surface area contributed by atoms with Crippen LogP contribution in [0.5, 0.6) is 0 Å². The molecule has 4 aliphatic rings. The summed E-state index contributed by atoms with van der Waals surface area (Å²) in [6.45, 7) is 9.39. The summed E-state index contributed by atoms with van der Waals surface area (Å²) in [5.74, 6) is 0.576. The summed E-state index contributed by atoms with van der Waals surface area (Å²) in [7, 11) is 0. The lowest BCUT2D eigenvalue weighted by molar-refractivity contribution is 0.541. The smallest absolute Gasteiger partial charge is 0.0540 e. The number of nitrogens with zero attached hydrogens (tertiary/aromatic N) is 1. The van der Waals surface area contributed by atoms with Gasteiger partial charge in [0.05, 0.1) is 5.69 Å². The molecule has 0 aliphatic heterocycles. The van der Waals surface area contributed by atoms with Gasteiger partial charge in [0.25, 0.3) is 0 Å². The second kappa shape index (κ2) is 9.57. The quantitative estimate of drug-likeness (QED) is 0.204. The number of aryl methyl sites for hydroxylation is 1.